The summed E-state index contributed by atoms with van der Waals surface area (Å²) in [4.78, 5) is 26.1. The predicted octanol–water partition coefficient (Wildman–Crippen LogP) is 3.48. The maximum Gasteiger partial charge on any atom is 0.270 e. The fourth-order valence-corrected chi connectivity index (χ4v) is 3.66. The molecule has 1 aliphatic heterocycles. The van der Waals surface area contributed by atoms with E-state index in [4.69, 9.17) is 14.2 Å². The molecule has 1 heterocycles. The molecule has 0 radical (unpaired) electrons. The molecule has 1 fully saturated rings. The number of nitro benzene ring substituents is 1. The first kappa shape index (κ1) is 23.5. The van der Waals surface area contributed by atoms with Gasteiger partial charge < -0.3 is 19.5 Å². The van der Waals surface area contributed by atoms with E-state index in [-0.39, 0.29) is 23.0 Å². The SMILES string of the molecule is COc1ccc(Oc2ccc([N+](=O)[O-])cc2C(=O)NCC(C(C)C)N2CCOCC2)cc1. The minimum atomic E-state index is -0.529. The highest BCUT2D eigenvalue weighted by atomic mass is 16.6. The smallest absolute Gasteiger partial charge is 0.270 e. The number of amides is 1. The lowest BCUT2D eigenvalue weighted by molar-refractivity contribution is -0.384. The zero-order valence-electron chi connectivity index (χ0n) is 18.6. The van der Waals surface area contributed by atoms with E-state index in [2.05, 4.69) is 24.1 Å². The van der Waals surface area contributed by atoms with E-state index in [1.54, 1.807) is 31.4 Å². The van der Waals surface area contributed by atoms with Gasteiger partial charge in [-0.25, -0.2) is 0 Å². The normalized spacial score (nSPS) is 15.2. The summed E-state index contributed by atoms with van der Waals surface area (Å²) in [5.74, 6) is 1.29. The van der Waals surface area contributed by atoms with Gasteiger partial charge in [0, 0.05) is 37.8 Å². The molecule has 9 nitrogen and oxygen atoms in total. The fraction of sp³-hybridized carbons (Fsp3) is 0.435. The molecule has 0 aromatic heterocycles. The monoisotopic (exact) mass is 443 g/mol. The molecule has 0 bridgehead atoms. The van der Waals surface area contributed by atoms with Crippen molar-refractivity contribution in [2.24, 2.45) is 5.92 Å². The van der Waals surface area contributed by atoms with Crippen molar-refractivity contribution in [3.05, 3.63) is 58.1 Å². The molecule has 0 spiro atoms. The molecular weight excluding hydrogens is 414 g/mol. The van der Waals surface area contributed by atoms with Gasteiger partial charge in [0.15, 0.2) is 0 Å². The number of nitrogens with one attached hydrogen (secondary N) is 1. The number of carbonyl (C=O) groups excluding carboxylic acids is 1. The van der Waals surface area contributed by atoms with Crippen LogP contribution >= 0.6 is 0 Å². The van der Waals surface area contributed by atoms with Crippen molar-refractivity contribution >= 4 is 11.6 Å². The Morgan fingerprint density at radius 1 is 1.16 bits per heavy atom. The number of carbonyl (C=O) groups is 1. The third-order valence-electron chi connectivity index (χ3n) is 5.46. The van der Waals surface area contributed by atoms with Gasteiger partial charge in [0.2, 0.25) is 0 Å². The van der Waals surface area contributed by atoms with E-state index in [9.17, 15) is 14.9 Å². The van der Waals surface area contributed by atoms with Crippen LogP contribution < -0.4 is 14.8 Å². The zero-order valence-corrected chi connectivity index (χ0v) is 18.6. The Morgan fingerprint density at radius 2 is 1.81 bits per heavy atom. The summed E-state index contributed by atoms with van der Waals surface area (Å²) < 4.78 is 16.4. The van der Waals surface area contributed by atoms with E-state index >= 15 is 0 Å². The number of non-ortho nitro benzene ring substituents is 1. The Hall–Kier alpha value is -3.17. The lowest BCUT2D eigenvalue weighted by atomic mass is 10.0. The minimum absolute atomic E-state index is 0.111. The summed E-state index contributed by atoms with van der Waals surface area (Å²) in [5.41, 5.74) is -0.0645. The summed E-state index contributed by atoms with van der Waals surface area (Å²) in [7, 11) is 1.57. The van der Waals surface area contributed by atoms with Gasteiger partial charge in [-0.15, -0.1) is 0 Å². The number of morpholine rings is 1. The first-order valence-electron chi connectivity index (χ1n) is 10.6. The lowest BCUT2D eigenvalue weighted by Gasteiger charge is -2.36. The molecule has 0 saturated carbocycles. The maximum absolute atomic E-state index is 13.1. The second kappa shape index (κ2) is 10.9. The number of rotatable bonds is 9. The number of hydrogen-bond acceptors (Lipinski definition) is 7. The summed E-state index contributed by atoms with van der Waals surface area (Å²) in [5, 5.41) is 14.2. The van der Waals surface area contributed by atoms with E-state index in [1.807, 2.05) is 0 Å². The van der Waals surface area contributed by atoms with E-state index in [0.29, 0.717) is 37.2 Å². The van der Waals surface area contributed by atoms with Crippen LogP contribution in [0.5, 0.6) is 17.2 Å². The van der Waals surface area contributed by atoms with Gasteiger partial charge in [0.05, 0.1) is 30.8 Å². The molecular formula is C23H29N3O6. The van der Waals surface area contributed by atoms with Gasteiger partial charge >= 0.3 is 0 Å². The van der Waals surface area contributed by atoms with E-state index < -0.39 is 10.8 Å². The Balaban J connectivity index is 1.79. The minimum Gasteiger partial charge on any atom is -0.497 e. The van der Waals surface area contributed by atoms with Gasteiger partial charge in [0.1, 0.15) is 17.2 Å². The lowest BCUT2D eigenvalue weighted by Crippen LogP contribution is -2.51. The molecule has 172 valence electrons. The van der Waals surface area contributed by atoms with Gasteiger partial charge in [-0.05, 0) is 36.2 Å². The molecule has 1 N–H and O–H groups in total. The average molecular weight is 444 g/mol. The van der Waals surface area contributed by atoms with Crippen LogP contribution in [-0.4, -0.2) is 61.7 Å². The van der Waals surface area contributed by atoms with Gasteiger partial charge in [-0.3, -0.25) is 19.8 Å². The summed E-state index contributed by atoms with van der Waals surface area (Å²) in [6.45, 7) is 7.59. The van der Waals surface area contributed by atoms with Crippen LogP contribution in [0.3, 0.4) is 0 Å². The number of benzene rings is 2. The maximum atomic E-state index is 13.1. The predicted molar refractivity (Wildman–Crippen MR) is 120 cm³/mol. The Kier molecular flexibility index (Phi) is 8.02. The molecule has 1 amide bonds. The molecule has 2 aromatic carbocycles. The average Bonchev–Trinajstić information content (AvgIpc) is 2.80. The molecule has 9 heteroatoms. The number of hydrogen-bond donors (Lipinski definition) is 1. The van der Waals surface area contributed by atoms with E-state index in [1.165, 1.54) is 18.2 Å². The Morgan fingerprint density at radius 3 is 2.41 bits per heavy atom. The van der Waals surface area contributed by atoms with Gasteiger partial charge in [-0.2, -0.15) is 0 Å². The van der Waals surface area contributed by atoms with Crippen molar-refractivity contribution in [2.45, 2.75) is 19.9 Å². The number of methoxy groups -OCH3 is 1. The topological polar surface area (TPSA) is 103 Å². The molecule has 1 aliphatic rings. The molecule has 2 aromatic rings. The van der Waals surface area contributed by atoms with Crippen LogP contribution in [0.2, 0.25) is 0 Å². The number of ether oxygens (including phenoxy) is 3. The van der Waals surface area contributed by atoms with Crippen molar-refractivity contribution in [2.75, 3.05) is 40.0 Å². The highest BCUT2D eigenvalue weighted by Crippen LogP contribution is 2.30. The summed E-state index contributed by atoms with van der Waals surface area (Å²) in [6.07, 6.45) is 0. The van der Waals surface area contributed by atoms with Gasteiger partial charge in [-0.1, -0.05) is 13.8 Å². The fourth-order valence-electron chi connectivity index (χ4n) is 3.66. The molecule has 32 heavy (non-hydrogen) atoms. The van der Waals surface area contributed by atoms with Crippen molar-refractivity contribution in [3.63, 3.8) is 0 Å². The molecule has 3 rings (SSSR count). The molecule has 1 unspecified atom stereocenters. The summed E-state index contributed by atoms with van der Waals surface area (Å²) >= 11 is 0. The Bertz CT molecular complexity index is 926. The van der Waals surface area contributed by atoms with Crippen molar-refractivity contribution < 1.29 is 23.9 Å². The van der Waals surface area contributed by atoms with Gasteiger partial charge in [0.25, 0.3) is 11.6 Å². The third kappa shape index (κ3) is 5.95. The highest BCUT2D eigenvalue weighted by molar-refractivity contribution is 5.97. The van der Waals surface area contributed by atoms with Crippen molar-refractivity contribution in [1.29, 1.82) is 0 Å². The zero-order chi connectivity index (χ0) is 23.1. The Labute approximate surface area is 187 Å². The number of nitrogens with zero attached hydrogens (tertiary/aromatic N) is 2. The second-order valence-corrected chi connectivity index (χ2v) is 7.88. The van der Waals surface area contributed by atoms with Crippen LogP contribution in [0.1, 0.15) is 24.2 Å². The largest absolute Gasteiger partial charge is 0.497 e. The number of nitro groups is 1. The molecule has 1 saturated heterocycles. The standard InChI is InChI=1S/C23H29N3O6/c1-16(2)21(25-10-12-31-13-11-25)15-24-23(27)20-14-17(26(28)29)4-9-22(20)32-19-7-5-18(30-3)6-8-19/h4-9,14,16,21H,10-13,15H2,1-3H3,(H,24,27). The highest BCUT2D eigenvalue weighted by Gasteiger charge is 2.25. The first-order chi connectivity index (χ1) is 15.4. The quantitative estimate of drug-likeness (QED) is 0.467. The van der Waals surface area contributed by atoms with E-state index in [0.717, 1.165) is 13.1 Å². The van der Waals surface area contributed by atoms with Crippen molar-refractivity contribution in [1.82, 2.24) is 10.2 Å². The van der Waals surface area contributed by atoms with Crippen LogP contribution in [0.15, 0.2) is 42.5 Å². The van der Waals surface area contributed by atoms with Crippen LogP contribution in [-0.2, 0) is 4.74 Å². The van der Waals surface area contributed by atoms with Crippen LogP contribution in [0.25, 0.3) is 0 Å². The molecule has 0 aliphatic carbocycles. The van der Waals surface area contributed by atoms with Crippen molar-refractivity contribution in [3.8, 4) is 17.2 Å². The summed E-state index contributed by atoms with van der Waals surface area (Å²) in [6, 6.07) is 11.0. The molecule has 1 atom stereocenters. The third-order valence-corrected chi connectivity index (χ3v) is 5.46. The first-order valence-corrected chi connectivity index (χ1v) is 10.6. The second-order valence-electron chi connectivity index (χ2n) is 7.88. The van der Waals surface area contributed by atoms with Crippen LogP contribution in [0, 0.1) is 16.0 Å². The van der Waals surface area contributed by atoms with Crippen LogP contribution in [0.4, 0.5) is 5.69 Å².